The highest BCUT2D eigenvalue weighted by Crippen LogP contribution is 2.31. The highest BCUT2D eigenvalue weighted by Gasteiger charge is 2.35. The number of piperazine rings is 1. The summed E-state index contributed by atoms with van der Waals surface area (Å²) in [6.07, 6.45) is -0.178. The first-order valence-corrected chi connectivity index (χ1v) is 14.3. The average molecular weight is 584 g/mol. The number of nitrogens with zero attached hydrogens (tertiary/aromatic N) is 2. The van der Waals surface area contributed by atoms with Gasteiger partial charge >= 0.3 is 6.09 Å². The number of carbonyl (C=O) groups excluding carboxylic acids is 2. The van der Waals surface area contributed by atoms with Crippen LogP contribution in [-0.4, -0.2) is 63.7 Å². The number of hydrogen-bond donors (Lipinski definition) is 3. The zero-order valence-electron chi connectivity index (χ0n) is 24.9. The first kappa shape index (κ1) is 33.3. The Kier molecular flexibility index (Phi) is 11.7. The van der Waals surface area contributed by atoms with Gasteiger partial charge in [-0.05, 0) is 47.1 Å². The molecule has 0 radical (unpaired) electrons. The first-order valence-electron chi connectivity index (χ1n) is 13.9. The summed E-state index contributed by atoms with van der Waals surface area (Å²) in [5.41, 5.74) is -0.849. The molecule has 2 aromatic rings. The van der Waals surface area contributed by atoms with E-state index in [-0.39, 0.29) is 34.6 Å². The summed E-state index contributed by atoms with van der Waals surface area (Å²) < 4.78 is 26.5. The Morgan fingerprint density at radius 3 is 2.45 bits per heavy atom. The van der Waals surface area contributed by atoms with Gasteiger partial charge in [0, 0.05) is 36.6 Å². The molecular weight excluding hydrogens is 541 g/mol. The maximum absolute atomic E-state index is 15.0. The van der Waals surface area contributed by atoms with E-state index >= 15 is 0 Å². The lowest BCUT2D eigenvalue weighted by atomic mass is 10.1. The van der Waals surface area contributed by atoms with Gasteiger partial charge in [-0.2, -0.15) is 4.98 Å². The van der Waals surface area contributed by atoms with Gasteiger partial charge in [-0.15, -0.1) is 0 Å². The van der Waals surface area contributed by atoms with E-state index in [2.05, 4.69) is 20.6 Å². The van der Waals surface area contributed by atoms with Crippen LogP contribution in [0.3, 0.4) is 0 Å². The van der Waals surface area contributed by atoms with E-state index in [9.17, 15) is 18.8 Å². The molecule has 0 aliphatic carbocycles. The summed E-state index contributed by atoms with van der Waals surface area (Å²) in [7, 11) is 0. The number of pyridine rings is 2. The second kappa shape index (κ2) is 14.1. The van der Waals surface area contributed by atoms with Gasteiger partial charge in [0.05, 0.1) is 12.1 Å². The van der Waals surface area contributed by atoms with Crippen LogP contribution in [0.4, 0.5) is 9.18 Å². The molecule has 0 spiro atoms. The maximum Gasteiger partial charge on any atom is 0.410 e. The standard InChI is InChI=1S/C24H31ClFN5O5.2C2H6/c1-11-9-27-16(10-31(11)23(34)36-24(3,4)5)12(2)35-22-18-13(19(26)20(25)30-22)8-15(29-21(18)33)14-6-7-17(32)28-14;2*1-2/h8,11-12,14,16,27H,6-7,9-10H2,1-5H3,(H,28,32)(H,29,33);2*1-2H3. The van der Waals surface area contributed by atoms with E-state index in [0.717, 1.165) is 0 Å². The van der Waals surface area contributed by atoms with Crippen molar-refractivity contribution in [1.29, 1.82) is 0 Å². The first-order chi connectivity index (χ1) is 18.8. The molecule has 2 aromatic heterocycles. The van der Waals surface area contributed by atoms with E-state index in [0.29, 0.717) is 31.6 Å². The van der Waals surface area contributed by atoms with Crippen LogP contribution in [0.5, 0.6) is 5.88 Å². The molecule has 0 bridgehead atoms. The van der Waals surface area contributed by atoms with Crippen molar-refractivity contribution in [2.24, 2.45) is 0 Å². The van der Waals surface area contributed by atoms with Gasteiger partial charge in [0.15, 0.2) is 11.0 Å². The lowest BCUT2D eigenvalue weighted by molar-refractivity contribution is -0.119. The van der Waals surface area contributed by atoms with Crippen LogP contribution in [0.25, 0.3) is 10.8 Å². The van der Waals surface area contributed by atoms with Gasteiger partial charge in [-0.25, -0.2) is 9.18 Å². The van der Waals surface area contributed by atoms with Crippen molar-refractivity contribution in [3.8, 4) is 5.88 Å². The molecule has 0 saturated carbocycles. The Morgan fingerprint density at radius 2 is 1.88 bits per heavy atom. The summed E-state index contributed by atoms with van der Waals surface area (Å²) in [6, 6.07) is 0.621. The number of nitrogens with one attached hydrogen (secondary N) is 3. The Morgan fingerprint density at radius 1 is 1.23 bits per heavy atom. The van der Waals surface area contributed by atoms with E-state index in [1.54, 1.807) is 32.6 Å². The molecular formula is C28H43ClFN5O5. The summed E-state index contributed by atoms with van der Waals surface area (Å²) in [5.74, 6) is -1.10. The van der Waals surface area contributed by atoms with Gasteiger partial charge < -0.3 is 30.0 Å². The van der Waals surface area contributed by atoms with Crippen molar-refractivity contribution in [3.05, 3.63) is 33.1 Å². The van der Waals surface area contributed by atoms with Crippen LogP contribution in [-0.2, 0) is 9.53 Å². The number of carbonyl (C=O) groups is 2. The zero-order chi connectivity index (χ0) is 30.4. The largest absolute Gasteiger partial charge is 0.472 e. The van der Waals surface area contributed by atoms with Gasteiger partial charge in [0.25, 0.3) is 5.56 Å². The second-order valence-electron chi connectivity index (χ2n) is 10.3. The molecule has 2 amide bonds. The fourth-order valence-corrected chi connectivity index (χ4v) is 4.61. The number of H-pyrrole nitrogens is 1. The topological polar surface area (TPSA) is 126 Å². The summed E-state index contributed by atoms with van der Waals surface area (Å²) in [6.45, 7) is 17.9. The number of halogens is 2. The molecule has 2 fully saturated rings. The minimum absolute atomic E-state index is 0.0438. The third-order valence-electron chi connectivity index (χ3n) is 6.35. The monoisotopic (exact) mass is 583 g/mol. The highest BCUT2D eigenvalue weighted by atomic mass is 35.5. The molecule has 0 aromatic carbocycles. The lowest BCUT2D eigenvalue weighted by Gasteiger charge is -2.41. The second-order valence-corrected chi connectivity index (χ2v) is 10.7. The molecule has 4 rings (SSSR count). The molecule has 10 nitrogen and oxygen atoms in total. The van der Waals surface area contributed by atoms with E-state index < -0.39 is 40.4 Å². The molecule has 12 heteroatoms. The van der Waals surface area contributed by atoms with Crippen molar-refractivity contribution < 1.29 is 23.5 Å². The van der Waals surface area contributed by atoms with Crippen LogP contribution in [0, 0.1) is 5.82 Å². The Labute approximate surface area is 240 Å². The van der Waals surface area contributed by atoms with Crippen molar-refractivity contribution in [2.45, 2.75) is 105 Å². The van der Waals surface area contributed by atoms with Gasteiger partial charge in [0.2, 0.25) is 11.8 Å². The van der Waals surface area contributed by atoms with Crippen molar-refractivity contribution in [2.75, 3.05) is 13.1 Å². The van der Waals surface area contributed by atoms with Crippen LogP contribution in [0.15, 0.2) is 10.9 Å². The number of hydrogen-bond acceptors (Lipinski definition) is 7. The fraction of sp³-hybridized carbons (Fsp3) is 0.643. The van der Waals surface area contributed by atoms with Crippen LogP contribution in [0.1, 0.15) is 86.9 Å². The number of ether oxygens (including phenoxy) is 2. The normalized spacial score (nSPS) is 21.4. The molecule has 4 unspecified atom stereocenters. The number of fused-ring (bicyclic) bond motifs is 1. The van der Waals surface area contributed by atoms with Crippen LogP contribution < -0.4 is 20.9 Å². The van der Waals surface area contributed by atoms with E-state index in [1.807, 2.05) is 34.6 Å². The van der Waals surface area contributed by atoms with Gasteiger partial charge in [-0.1, -0.05) is 39.3 Å². The van der Waals surface area contributed by atoms with Crippen molar-refractivity contribution in [1.82, 2.24) is 25.5 Å². The third kappa shape index (κ3) is 7.84. The number of rotatable bonds is 4. The van der Waals surface area contributed by atoms with Crippen LogP contribution >= 0.6 is 11.6 Å². The molecule has 2 aliphatic rings. The fourth-order valence-electron chi connectivity index (χ4n) is 4.43. The smallest absolute Gasteiger partial charge is 0.410 e. The Hall–Kier alpha value is -2.92. The van der Waals surface area contributed by atoms with Gasteiger partial charge in [-0.3, -0.25) is 9.59 Å². The molecule has 2 saturated heterocycles. The predicted octanol–water partition coefficient (Wildman–Crippen LogP) is 5.08. The quantitative estimate of drug-likeness (QED) is 0.428. The highest BCUT2D eigenvalue weighted by molar-refractivity contribution is 6.30. The zero-order valence-corrected chi connectivity index (χ0v) is 25.7. The minimum atomic E-state index is -0.843. The lowest BCUT2D eigenvalue weighted by Crippen LogP contribution is -2.61. The van der Waals surface area contributed by atoms with Crippen molar-refractivity contribution >= 4 is 34.4 Å². The average Bonchev–Trinajstić information content (AvgIpc) is 3.34. The summed E-state index contributed by atoms with van der Waals surface area (Å²) in [5, 5.41) is 5.54. The SMILES string of the molecule is CC.CC.CC(Oc1nc(Cl)c(F)c2cc(C3CCC(=O)N3)[nH]c(=O)c12)C1CN(C(=O)OC(C)(C)C)C(C)CN1. The number of amides is 2. The minimum Gasteiger partial charge on any atom is -0.472 e. The number of aromatic nitrogens is 2. The molecule has 4 atom stereocenters. The summed E-state index contributed by atoms with van der Waals surface area (Å²) in [4.78, 5) is 45.7. The van der Waals surface area contributed by atoms with E-state index in [4.69, 9.17) is 21.1 Å². The molecule has 224 valence electrons. The number of aromatic amines is 1. The summed E-state index contributed by atoms with van der Waals surface area (Å²) >= 11 is 6.06. The predicted molar refractivity (Wildman–Crippen MR) is 154 cm³/mol. The third-order valence-corrected chi connectivity index (χ3v) is 6.60. The molecule has 2 aliphatic heterocycles. The van der Waals surface area contributed by atoms with E-state index in [1.165, 1.54) is 6.07 Å². The maximum atomic E-state index is 15.0. The van der Waals surface area contributed by atoms with Gasteiger partial charge in [0.1, 0.15) is 17.1 Å². The van der Waals surface area contributed by atoms with Crippen LogP contribution in [0.2, 0.25) is 5.15 Å². The molecule has 40 heavy (non-hydrogen) atoms. The van der Waals surface area contributed by atoms with Crippen molar-refractivity contribution in [3.63, 3.8) is 0 Å². The molecule has 4 heterocycles. The Balaban J connectivity index is 0.00000134. The molecule has 3 N–H and O–H groups in total. The Bertz CT molecular complexity index is 1250.